The predicted molar refractivity (Wildman–Crippen MR) is 88.6 cm³/mol. The third-order valence-electron chi connectivity index (χ3n) is 3.55. The van der Waals surface area contributed by atoms with Crippen molar-refractivity contribution in [1.82, 2.24) is 5.32 Å². The molecule has 0 aliphatic rings. The Morgan fingerprint density at radius 1 is 1.22 bits per heavy atom. The topological polar surface area (TPSA) is 52.6 Å². The molecule has 2 aromatic carbocycles. The first kappa shape index (κ1) is 17.0. The third-order valence-corrected chi connectivity index (χ3v) is 3.55. The maximum Gasteiger partial charge on any atom is 0.223 e. The number of carbonyl (C=O) groups excluding carboxylic acids is 1. The fourth-order valence-electron chi connectivity index (χ4n) is 2.19. The van der Waals surface area contributed by atoms with E-state index in [0.717, 1.165) is 11.3 Å². The van der Waals surface area contributed by atoms with E-state index in [0.29, 0.717) is 12.1 Å². The largest absolute Gasteiger partial charge is 0.388 e. The fourth-order valence-corrected chi connectivity index (χ4v) is 2.19. The number of nitrogens with zero attached hydrogens (tertiary/aromatic N) is 1. The molecule has 5 heteroatoms. The lowest BCUT2D eigenvalue weighted by Gasteiger charge is -2.14. The predicted octanol–water partition coefficient (Wildman–Crippen LogP) is 2.63. The van der Waals surface area contributed by atoms with Gasteiger partial charge >= 0.3 is 0 Å². The molecule has 0 heterocycles. The molecule has 2 aromatic rings. The molecule has 0 fully saturated rings. The summed E-state index contributed by atoms with van der Waals surface area (Å²) >= 11 is 0. The highest BCUT2D eigenvalue weighted by atomic mass is 19.1. The average molecular weight is 316 g/mol. The van der Waals surface area contributed by atoms with Gasteiger partial charge in [0.25, 0.3) is 0 Å². The lowest BCUT2D eigenvalue weighted by atomic mass is 10.1. The molecule has 0 bridgehead atoms. The number of benzene rings is 2. The van der Waals surface area contributed by atoms with Gasteiger partial charge in [-0.25, -0.2) is 4.39 Å². The number of halogens is 1. The van der Waals surface area contributed by atoms with Crippen LogP contribution in [0.3, 0.4) is 0 Å². The van der Waals surface area contributed by atoms with Crippen LogP contribution in [-0.2, 0) is 11.3 Å². The first-order valence-corrected chi connectivity index (χ1v) is 7.42. The molecule has 0 saturated heterocycles. The molecule has 0 aromatic heterocycles. The number of nitrogens with one attached hydrogen (secondary N) is 1. The van der Waals surface area contributed by atoms with Crippen molar-refractivity contribution >= 4 is 11.6 Å². The molecule has 2 N–H and O–H groups in total. The van der Waals surface area contributed by atoms with Crippen LogP contribution in [0.15, 0.2) is 48.5 Å². The summed E-state index contributed by atoms with van der Waals surface area (Å²) in [6.07, 6.45) is -1.11. The second-order valence-corrected chi connectivity index (χ2v) is 5.61. The van der Waals surface area contributed by atoms with Gasteiger partial charge in [0.2, 0.25) is 5.91 Å². The molecule has 0 radical (unpaired) electrons. The van der Waals surface area contributed by atoms with Crippen molar-refractivity contribution < 1.29 is 14.3 Å². The highest BCUT2D eigenvalue weighted by Crippen LogP contribution is 2.17. The van der Waals surface area contributed by atoms with E-state index >= 15 is 0 Å². The number of amides is 1. The van der Waals surface area contributed by atoms with Crippen molar-refractivity contribution in [1.29, 1.82) is 0 Å². The van der Waals surface area contributed by atoms with E-state index in [-0.39, 0.29) is 12.3 Å². The number of aliphatic hydroxyl groups is 1. The van der Waals surface area contributed by atoms with Gasteiger partial charge in [-0.1, -0.05) is 24.3 Å². The van der Waals surface area contributed by atoms with E-state index in [4.69, 9.17) is 0 Å². The summed E-state index contributed by atoms with van der Waals surface area (Å²) in [5.74, 6) is -0.707. The standard InChI is InChI=1S/C18H21FN2O2/c1-21(2)16-8-6-13(7-9-16)12-20-18(23)11-17(22)14-4-3-5-15(19)10-14/h3-10,17,22H,11-12H2,1-2H3,(H,20,23). The fraction of sp³-hybridized carbons (Fsp3) is 0.278. The van der Waals surface area contributed by atoms with Crippen molar-refractivity contribution in [2.45, 2.75) is 19.1 Å². The van der Waals surface area contributed by atoms with Crippen LogP contribution in [0.2, 0.25) is 0 Å². The Labute approximate surface area is 135 Å². The number of hydrogen-bond donors (Lipinski definition) is 2. The summed E-state index contributed by atoms with van der Waals surface area (Å²) < 4.78 is 13.1. The third kappa shape index (κ3) is 5.07. The van der Waals surface area contributed by atoms with E-state index in [2.05, 4.69) is 5.32 Å². The molecule has 0 aliphatic carbocycles. The Balaban J connectivity index is 1.85. The van der Waals surface area contributed by atoms with E-state index in [1.54, 1.807) is 6.07 Å². The van der Waals surface area contributed by atoms with Crippen molar-refractivity contribution in [2.75, 3.05) is 19.0 Å². The SMILES string of the molecule is CN(C)c1ccc(CNC(=O)CC(O)c2cccc(F)c2)cc1. The number of rotatable bonds is 6. The minimum atomic E-state index is -1.01. The summed E-state index contributed by atoms with van der Waals surface area (Å²) in [6, 6.07) is 13.5. The smallest absolute Gasteiger partial charge is 0.223 e. The normalized spacial score (nSPS) is 11.8. The summed E-state index contributed by atoms with van der Waals surface area (Å²) in [5, 5.41) is 12.7. The Morgan fingerprint density at radius 2 is 1.91 bits per heavy atom. The van der Waals surface area contributed by atoms with Gasteiger partial charge in [0.15, 0.2) is 0 Å². The minimum Gasteiger partial charge on any atom is -0.388 e. The maximum absolute atomic E-state index is 13.1. The van der Waals surface area contributed by atoms with E-state index in [1.165, 1.54) is 18.2 Å². The van der Waals surface area contributed by atoms with E-state index < -0.39 is 11.9 Å². The Hall–Kier alpha value is -2.40. The van der Waals surface area contributed by atoms with Crippen LogP contribution < -0.4 is 10.2 Å². The highest BCUT2D eigenvalue weighted by molar-refractivity contribution is 5.76. The van der Waals surface area contributed by atoms with Gasteiger partial charge < -0.3 is 15.3 Å². The Morgan fingerprint density at radius 3 is 2.52 bits per heavy atom. The quantitative estimate of drug-likeness (QED) is 0.861. The van der Waals surface area contributed by atoms with Crippen LogP contribution in [-0.4, -0.2) is 25.1 Å². The summed E-state index contributed by atoms with van der Waals surface area (Å²) in [6.45, 7) is 0.391. The first-order chi connectivity index (χ1) is 11.0. The zero-order valence-electron chi connectivity index (χ0n) is 13.3. The van der Waals surface area contributed by atoms with Crippen LogP contribution in [0.1, 0.15) is 23.7 Å². The lowest BCUT2D eigenvalue weighted by Crippen LogP contribution is -2.24. The molecule has 1 unspecified atom stereocenters. The van der Waals surface area contributed by atoms with Crippen LogP contribution in [0, 0.1) is 5.82 Å². The molecule has 122 valence electrons. The van der Waals surface area contributed by atoms with E-state index in [1.807, 2.05) is 43.3 Å². The van der Waals surface area contributed by atoms with Gasteiger partial charge in [0.1, 0.15) is 5.82 Å². The molecule has 4 nitrogen and oxygen atoms in total. The van der Waals surface area contributed by atoms with Crippen molar-refractivity contribution in [3.8, 4) is 0 Å². The number of hydrogen-bond acceptors (Lipinski definition) is 3. The van der Waals surface area contributed by atoms with Gasteiger partial charge in [-0.05, 0) is 35.4 Å². The zero-order valence-corrected chi connectivity index (χ0v) is 13.3. The van der Waals surface area contributed by atoms with Gasteiger partial charge in [0.05, 0.1) is 12.5 Å². The zero-order chi connectivity index (χ0) is 16.8. The molecule has 0 spiro atoms. The molecular weight excluding hydrogens is 295 g/mol. The number of carbonyl (C=O) groups is 1. The maximum atomic E-state index is 13.1. The van der Waals surface area contributed by atoms with Crippen LogP contribution in [0.5, 0.6) is 0 Å². The number of anilines is 1. The molecule has 1 amide bonds. The van der Waals surface area contributed by atoms with Crippen LogP contribution in [0.25, 0.3) is 0 Å². The summed E-state index contributed by atoms with van der Waals surface area (Å²) in [5.41, 5.74) is 2.46. The van der Waals surface area contributed by atoms with Crippen molar-refractivity contribution in [3.63, 3.8) is 0 Å². The molecule has 0 saturated carbocycles. The molecule has 0 aliphatic heterocycles. The second kappa shape index (κ2) is 7.74. The molecular formula is C18H21FN2O2. The van der Waals surface area contributed by atoms with Crippen molar-refractivity contribution in [2.24, 2.45) is 0 Å². The van der Waals surface area contributed by atoms with Gasteiger partial charge in [0, 0.05) is 26.3 Å². The Bertz CT molecular complexity index is 656. The monoisotopic (exact) mass is 316 g/mol. The van der Waals surface area contributed by atoms with Crippen molar-refractivity contribution in [3.05, 3.63) is 65.5 Å². The summed E-state index contributed by atoms with van der Waals surface area (Å²) in [7, 11) is 3.93. The average Bonchev–Trinajstić information content (AvgIpc) is 2.53. The number of aliphatic hydroxyl groups excluding tert-OH is 1. The van der Waals surface area contributed by atoms with Crippen LogP contribution >= 0.6 is 0 Å². The van der Waals surface area contributed by atoms with E-state index in [9.17, 15) is 14.3 Å². The minimum absolute atomic E-state index is 0.0980. The Kier molecular flexibility index (Phi) is 5.71. The van der Waals surface area contributed by atoms with Gasteiger partial charge in [-0.3, -0.25) is 4.79 Å². The molecule has 1 atom stereocenters. The first-order valence-electron chi connectivity index (χ1n) is 7.42. The molecule has 23 heavy (non-hydrogen) atoms. The van der Waals surface area contributed by atoms with Gasteiger partial charge in [-0.2, -0.15) is 0 Å². The second-order valence-electron chi connectivity index (χ2n) is 5.61. The lowest BCUT2D eigenvalue weighted by molar-refractivity contribution is -0.123. The highest BCUT2D eigenvalue weighted by Gasteiger charge is 2.13. The summed E-state index contributed by atoms with van der Waals surface area (Å²) in [4.78, 5) is 13.9. The van der Waals surface area contributed by atoms with Gasteiger partial charge in [-0.15, -0.1) is 0 Å². The van der Waals surface area contributed by atoms with Crippen LogP contribution in [0.4, 0.5) is 10.1 Å². The molecule has 2 rings (SSSR count).